The van der Waals surface area contributed by atoms with Crippen molar-refractivity contribution in [3.05, 3.63) is 59.4 Å². The van der Waals surface area contributed by atoms with E-state index in [1.165, 1.54) is 11.3 Å². The van der Waals surface area contributed by atoms with Gasteiger partial charge in [0.25, 0.3) is 0 Å². The number of hydrogen-bond acceptors (Lipinski definition) is 7. The molecule has 2 N–H and O–H groups in total. The van der Waals surface area contributed by atoms with Crippen LogP contribution in [0.5, 0.6) is 5.75 Å². The summed E-state index contributed by atoms with van der Waals surface area (Å²) in [6, 6.07) is 17.2. The molecular formula is C20H18N6O2S2. The van der Waals surface area contributed by atoms with Crippen LogP contribution in [0.4, 0.5) is 5.13 Å². The Morgan fingerprint density at radius 2 is 1.90 bits per heavy atom. The van der Waals surface area contributed by atoms with Crippen LogP contribution in [0.2, 0.25) is 0 Å². The highest BCUT2D eigenvalue weighted by molar-refractivity contribution is 7.71. The van der Waals surface area contributed by atoms with Crippen LogP contribution in [0.25, 0.3) is 22.0 Å². The number of H-pyrrole nitrogens is 1. The van der Waals surface area contributed by atoms with Gasteiger partial charge in [-0.3, -0.25) is 14.5 Å². The Morgan fingerprint density at radius 3 is 2.63 bits per heavy atom. The van der Waals surface area contributed by atoms with Crippen LogP contribution >= 0.6 is 23.6 Å². The Labute approximate surface area is 181 Å². The molecule has 30 heavy (non-hydrogen) atoms. The lowest BCUT2D eigenvalue weighted by Gasteiger charge is -2.07. The summed E-state index contributed by atoms with van der Waals surface area (Å²) in [5.41, 5.74) is 1.84. The summed E-state index contributed by atoms with van der Waals surface area (Å²) in [7, 11) is 1.62. The first-order valence-corrected chi connectivity index (χ1v) is 10.3. The highest BCUT2D eigenvalue weighted by Crippen LogP contribution is 2.26. The Morgan fingerprint density at radius 1 is 1.13 bits per heavy atom. The smallest absolute Gasteiger partial charge is 0.227 e. The Bertz CT molecular complexity index is 1200. The summed E-state index contributed by atoms with van der Waals surface area (Å²) in [4.78, 5) is 12.4. The van der Waals surface area contributed by atoms with Crippen LogP contribution in [0.3, 0.4) is 0 Å². The lowest BCUT2D eigenvalue weighted by Crippen LogP contribution is -2.15. The van der Waals surface area contributed by atoms with Gasteiger partial charge in [0.2, 0.25) is 11.0 Å². The number of rotatable bonds is 7. The lowest BCUT2D eigenvalue weighted by molar-refractivity contribution is -0.116. The first-order valence-electron chi connectivity index (χ1n) is 9.12. The number of anilines is 1. The first-order chi connectivity index (χ1) is 14.6. The molecule has 0 aliphatic rings. The number of nitrogens with zero attached hydrogens (tertiary/aromatic N) is 4. The lowest BCUT2D eigenvalue weighted by atomic mass is 10.2. The Kier molecular flexibility index (Phi) is 5.96. The molecule has 2 aromatic heterocycles. The van der Waals surface area contributed by atoms with Crippen molar-refractivity contribution < 1.29 is 9.53 Å². The maximum atomic E-state index is 12.4. The number of aromatic amines is 1. The van der Waals surface area contributed by atoms with Gasteiger partial charge in [0.05, 0.1) is 7.11 Å². The zero-order valence-electron chi connectivity index (χ0n) is 16.0. The third-order valence-electron chi connectivity index (χ3n) is 4.36. The largest absolute Gasteiger partial charge is 0.497 e. The summed E-state index contributed by atoms with van der Waals surface area (Å²) in [5.74, 6) is 1.25. The number of aromatic nitrogens is 5. The van der Waals surface area contributed by atoms with Crippen molar-refractivity contribution in [2.45, 2.75) is 13.0 Å². The molecule has 0 fully saturated rings. The van der Waals surface area contributed by atoms with Gasteiger partial charge >= 0.3 is 0 Å². The molecule has 4 aromatic rings. The molecule has 1 amide bonds. The van der Waals surface area contributed by atoms with E-state index in [0.29, 0.717) is 22.3 Å². The van der Waals surface area contributed by atoms with E-state index in [1.54, 1.807) is 11.7 Å². The second kappa shape index (κ2) is 8.97. The molecule has 2 heterocycles. The molecule has 0 aliphatic carbocycles. The van der Waals surface area contributed by atoms with Crippen LogP contribution in [-0.4, -0.2) is 38.0 Å². The molecule has 0 aliphatic heterocycles. The van der Waals surface area contributed by atoms with E-state index < -0.39 is 0 Å². The Balaban J connectivity index is 1.41. The first kappa shape index (κ1) is 19.9. The average molecular weight is 439 g/mol. The highest BCUT2D eigenvalue weighted by Gasteiger charge is 2.13. The van der Waals surface area contributed by atoms with E-state index in [4.69, 9.17) is 17.0 Å². The normalized spacial score (nSPS) is 10.7. The molecule has 0 radical (unpaired) electrons. The van der Waals surface area contributed by atoms with Crippen LogP contribution in [0.15, 0.2) is 54.6 Å². The van der Waals surface area contributed by atoms with Crippen molar-refractivity contribution >= 4 is 34.6 Å². The standard InChI is InChI=1S/C20H18N6O2S2/c1-28-15-9-7-13(8-10-15)17-22-25-20(29)26(17)12-11-16(27)21-19-24-23-18(30-19)14-5-3-2-4-6-14/h2-10H,11-12H2,1H3,(H,25,29)(H,21,24,27). The second-order valence-corrected chi connectivity index (χ2v) is 7.67. The summed E-state index contributed by atoms with van der Waals surface area (Å²) in [5, 5.41) is 19.3. The quantitative estimate of drug-likeness (QED) is 0.421. The van der Waals surface area contributed by atoms with Crippen LogP contribution in [0.1, 0.15) is 6.42 Å². The fourth-order valence-electron chi connectivity index (χ4n) is 2.85. The van der Waals surface area contributed by atoms with Gasteiger partial charge in [-0.05, 0) is 36.5 Å². The minimum atomic E-state index is -0.172. The van der Waals surface area contributed by atoms with Crippen molar-refractivity contribution in [3.8, 4) is 27.7 Å². The van der Waals surface area contributed by atoms with E-state index in [2.05, 4.69) is 25.7 Å². The van der Waals surface area contributed by atoms with Gasteiger partial charge in [-0.25, -0.2) is 0 Å². The molecule has 0 spiro atoms. The number of benzene rings is 2. The average Bonchev–Trinajstić information content (AvgIpc) is 3.39. The number of amides is 1. The minimum absolute atomic E-state index is 0.172. The second-order valence-electron chi connectivity index (χ2n) is 6.31. The van der Waals surface area contributed by atoms with Crippen molar-refractivity contribution in [3.63, 3.8) is 0 Å². The van der Waals surface area contributed by atoms with Gasteiger partial charge in [0, 0.05) is 24.1 Å². The molecular weight excluding hydrogens is 420 g/mol. The zero-order chi connectivity index (χ0) is 20.9. The van der Waals surface area contributed by atoms with Gasteiger partial charge < -0.3 is 10.1 Å². The van der Waals surface area contributed by atoms with E-state index in [-0.39, 0.29) is 12.3 Å². The maximum Gasteiger partial charge on any atom is 0.227 e. The monoisotopic (exact) mass is 438 g/mol. The van der Waals surface area contributed by atoms with Gasteiger partial charge in [-0.2, -0.15) is 5.10 Å². The zero-order valence-corrected chi connectivity index (χ0v) is 17.7. The van der Waals surface area contributed by atoms with E-state index in [1.807, 2.05) is 54.6 Å². The number of hydrogen-bond donors (Lipinski definition) is 2. The van der Waals surface area contributed by atoms with E-state index in [0.717, 1.165) is 21.9 Å². The molecule has 2 aromatic carbocycles. The summed E-state index contributed by atoms with van der Waals surface area (Å²) >= 11 is 6.66. The number of ether oxygens (including phenoxy) is 1. The minimum Gasteiger partial charge on any atom is -0.497 e. The summed E-state index contributed by atoms with van der Waals surface area (Å²) < 4.78 is 7.44. The van der Waals surface area contributed by atoms with Crippen molar-refractivity contribution in [1.29, 1.82) is 0 Å². The number of nitrogens with one attached hydrogen (secondary N) is 2. The molecule has 0 atom stereocenters. The molecule has 152 valence electrons. The van der Waals surface area contributed by atoms with Gasteiger partial charge in [0.15, 0.2) is 10.6 Å². The predicted molar refractivity (Wildman–Crippen MR) is 118 cm³/mol. The van der Waals surface area contributed by atoms with Gasteiger partial charge in [-0.15, -0.1) is 10.2 Å². The molecule has 0 saturated heterocycles. The number of methoxy groups -OCH3 is 1. The summed E-state index contributed by atoms with van der Waals surface area (Å²) in [6.07, 6.45) is 0.219. The maximum absolute atomic E-state index is 12.4. The molecule has 0 bridgehead atoms. The number of carbonyl (C=O) groups excluding carboxylic acids is 1. The topological polar surface area (TPSA) is 97.7 Å². The molecule has 4 rings (SSSR count). The van der Waals surface area contributed by atoms with Crippen molar-refractivity contribution in [2.24, 2.45) is 0 Å². The van der Waals surface area contributed by atoms with Crippen LogP contribution in [-0.2, 0) is 11.3 Å². The molecule has 0 unspecified atom stereocenters. The van der Waals surface area contributed by atoms with Crippen LogP contribution < -0.4 is 10.1 Å². The molecule has 8 nitrogen and oxygen atoms in total. The molecule has 10 heteroatoms. The summed E-state index contributed by atoms with van der Waals surface area (Å²) in [6.45, 7) is 0.382. The third-order valence-corrected chi connectivity index (χ3v) is 5.56. The molecule has 0 saturated carbocycles. The van der Waals surface area contributed by atoms with Gasteiger partial charge in [-0.1, -0.05) is 41.7 Å². The fraction of sp³-hybridized carbons (Fsp3) is 0.150. The highest BCUT2D eigenvalue weighted by atomic mass is 32.1. The van der Waals surface area contributed by atoms with Crippen molar-refractivity contribution in [2.75, 3.05) is 12.4 Å². The number of carbonyl (C=O) groups is 1. The van der Waals surface area contributed by atoms with E-state index in [9.17, 15) is 4.79 Å². The Hall–Kier alpha value is -3.37. The SMILES string of the molecule is COc1ccc(-c2n[nH]c(=S)n2CCC(=O)Nc2nnc(-c3ccccc3)s2)cc1. The van der Waals surface area contributed by atoms with Crippen LogP contribution in [0, 0.1) is 4.77 Å². The van der Waals surface area contributed by atoms with E-state index >= 15 is 0 Å². The third kappa shape index (κ3) is 4.44. The predicted octanol–water partition coefficient (Wildman–Crippen LogP) is 4.16. The fourth-order valence-corrected chi connectivity index (χ4v) is 3.84. The van der Waals surface area contributed by atoms with Gasteiger partial charge in [0.1, 0.15) is 10.8 Å². The van der Waals surface area contributed by atoms with Crippen molar-refractivity contribution in [1.82, 2.24) is 25.0 Å².